The van der Waals surface area contributed by atoms with Crippen LogP contribution in [0.3, 0.4) is 0 Å². The molecule has 1 amide bonds. The van der Waals surface area contributed by atoms with E-state index in [0.29, 0.717) is 13.0 Å². The number of hydrogen-bond donors (Lipinski definition) is 1. The number of nitro benzene ring substituents is 1. The quantitative estimate of drug-likeness (QED) is 0.638. The minimum absolute atomic E-state index is 0.0124. The molecule has 20 heavy (non-hydrogen) atoms. The molecule has 8 heteroatoms. The summed E-state index contributed by atoms with van der Waals surface area (Å²) in [6.07, 6.45) is 2.11. The molecule has 0 saturated carbocycles. The lowest BCUT2D eigenvalue weighted by Gasteiger charge is -2.09. The molecule has 0 aliphatic carbocycles. The Bertz CT molecular complexity index is 550. The van der Waals surface area contributed by atoms with Crippen molar-refractivity contribution >= 4 is 22.4 Å². The van der Waals surface area contributed by atoms with Crippen molar-refractivity contribution in [2.45, 2.75) is 18.6 Å². The summed E-state index contributed by atoms with van der Waals surface area (Å²) in [5, 5.41) is 12.9. The van der Waals surface area contributed by atoms with Crippen LogP contribution in [0.2, 0.25) is 0 Å². The van der Waals surface area contributed by atoms with E-state index in [1.54, 1.807) is 13.2 Å². The number of benzene rings is 1. The maximum absolute atomic E-state index is 13.4. The van der Waals surface area contributed by atoms with Crippen LogP contribution in [-0.2, 0) is 10.8 Å². The number of halogens is 1. The zero-order chi connectivity index (χ0) is 15.3. The van der Waals surface area contributed by atoms with Crippen LogP contribution in [0.15, 0.2) is 18.2 Å². The van der Waals surface area contributed by atoms with E-state index in [2.05, 4.69) is 5.32 Å². The Labute approximate surface area is 118 Å². The van der Waals surface area contributed by atoms with Gasteiger partial charge in [0.05, 0.1) is 4.92 Å². The first-order valence-corrected chi connectivity index (χ1v) is 7.49. The number of nitro groups is 1. The Morgan fingerprint density at radius 1 is 1.55 bits per heavy atom. The fraction of sp³-hybridized carbons (Fsp3) is 0.417. The van der Waals surface area contributed by atoms with Crippen LogP contribution in [0, 0.1) is 15.9 Å². The standard InChI is InChI=1S/C12H15FN2O4S/c1-8(20(2)19)5-6-14-12(16)9-3-4-11(15(17)18)10(13)7-9/h3-4,7-8H,5-6H2,1-2H3,(H,14,16). The monoisotopic (exact) mass is 302 g/mol. The van der Waals surface area contributed by atoms with Crippen LogP contribution < -0.4 is 5.32 Å². The molecular formula is C12H15FN2O4S. The molecule has 0 aliphatic heterocycles. The summed E-state index contributed by atoms with van der Waals surface area (Å²) in [6.45, 7) is 2.10. The van der Waals surface area contributed by atoms with Crippen molar-refractivity contribution in [1.29, 1.82) is 0 Å². The lowest BCUT2D eigenvalue weighted by atomic mass is 10.2. The van der Waals surface area contributed by atoms with E-state index < -0.39 is 33.1 Å². The van der Waals surface area contributed by atoms with E-state index in [9.17, 15) is 23.5 Å². The highest BCUT2D eigenvalue weighted by atomic mass is 32.2. The zero-order valence-corrected chi connectivity index (χ0v) is 11.9. The van der Waals surface area contributed by atoms with Crippen LogP contribution in [0.25, 0.3) is 0 Å². The highest BCUT2D eigenvalue weighted by Crippen LogP contribution is 2.17. The molecule has 0 radical (unpaired) electrons. The first-order valence-electron chi connectivity index (χ1n) is 5.87. The fourth-order valence-electron chi connectivity index (χ4n) is 1.45. The van der Waals surface area contributed by atoms with Gasteiger partial charge in [0, 0.05) is 40.5 Å². The van der Waals surface area contributed by atoms with Gasteiger partial charge in [-0.1, -0.05) is 6.92 Å². The van der Waals surface area contributed by atoms with Crippen LogP contribution in [-0.4, -0.2) is 33.1 Å². The van der Waals surface area contributed by atoms with Crippen molar-refractivity contribution in [2.75, 3.05) is 12.8 Å². The van der Waals surface area contributed by atoms with Gasteiger partial charge in [-0.3, -0.25) is 19.1 Å². The summed E-state index contributed by atoms with van der Waals surface area (Å²) in [4.78, 5) is 21.3. The van der Waals surface area contributed by atoms with Crippen LogP contribution in [0.4, 0.5) is 10.1 Å². The SMILES string of the molecule is CC(CCNC(=O)c1ccc([N+](=O)[O-])c(F)c1)S(C)=O. The number of rotatable bonds is 6. The molecule has 1 aromatic carbocycles. The van der Waals surface area contributed by atoms with Crippen molar-refractivity contribution in [3.05, 3.63) is 39.7 Å². The third-order valence-electron chi connectivity index (χ3n) is 2.81. The van der Waals surface area contributed by atoms with Gasteiger partial charge in [0.25, 0.3) is 5.91 Å². The lowest BCUT2D eigenvalue weighted by molar-refractivity contribution is -0.387. The zero-order valence-electron chi connectivity index (χ0n) is 11.1. The highest BCUT2D eigenvalue weighted by molar-refractivity contribution is 7.84. The second-order valence-electron chi connectivity index (χ2n) is 4.28. The predicted octanol–water partition coefficient (Wildman–Crippen LogP) is 1.62. The summed E-state index contributed by atoms with van der Waals surface area (Å²) in [5.74, 6) is -1.57. The van der Waals surface area contributed by atoms with Gasteiger partial charge in [-0.2, -0.15) is 4.39 Å². The largest absolute Gasteiger partial charge is 0.352 e. The Morgan fingerprint density at radius 2 is 2.20 bits per heavy atom. The van der Waals surface area contributed by atoms with Gasteiger partial charge < -0.3 is 5.32 Å². The van der Waals surface area contributed by atoms with E-state index in [1.807, 2.05) is 0 Å². The molecule has 2 atom stereocenters. The Balaban J connectivity index is 2.62. The molecule has 0 heterocycles. The van der Waals surface area contributed by atoms with E-state index in [-0.39, 0.29) is 10.8 Å². The molecule has 0 aliphatic rings. The highest BCUT2D eigenvalue weighted by Gasteiger charge is 2.16. The predicted molar refractivity (Wildman–Crippen MR) is 73.5 cm³/mol. The van der Waals surface area contributed by atoms with E-state index >= 15 is 0 Å². The molecule has 1 N–H and O–H groups in total. The van der Waals surface area contributed by atoms with Crippen molar-refractivity contribution in [3.8, 4) is 0 Å². The summed E-state index contributed by atoms with van der Waals surface area (Å²) in [7, 11) is -0.968. The van der Waals surface area contributed by atoms with E-state index in [0.717, 1.165) is 12.1 Å². The Kier molecular flexibility index (Phi) is 5.75. The van der Waals surface area contributed by atoms with Crippen LogP contribution in [0.5, 0.6) is 0 Å². The number of carbonyl (C=O) groups is 1. The number of nitrogens with one attached hydrogen (secondary N) is 1. The number of amides is 1. The second-order valence-corrected chi connectivity index (χ2v) is 6.08. The van der Waals surface area contributed by atoms with Crippen molar-refractivity contribution in [2.24, 2.45) is 0 Å². The third kappa shape index (κ3) is 4.37. The molecule has 0 saturated heterocycles. The average molecular weight is 302 g/mol. The average Bonchev–Trinajstić information content (AvgIpc) is 2.37. The summed E-state index contributed by atoms with van der Waals surface area (Å²) < 4.78 is 24.5. The summed E-state index contributed by atoms with van der Waals surface area (Å²) >= 11 is 0. The number of nitrogens with zero attached hydrogens (tertiary/aromatic N) is 1. The minimum atomic E-state index is -1.05. The maximum Gasteiger partial charge on any atom is 0.304 e. The number of hydrogen-bond acceptors (Lipinski definition) is 4. The fourth-order valence-corrected chi connectivity index (χ4v) is 1.90. The summed E-state index contributed by atoms with van der Waals surface area (Å²) in [5.41, 5.74) is -0.657. The van der Waals surface area contributed by atoms with E-state index in [4.69, 9.17) is 0 Å². The van der Waals surface area contributed by atoms with Crippen molar-refractivity contribution in [1.82, 2.24) is 5.32 Å². The molecule has 0 bridgehead atoms. The lowest BCUT2D eigenvalue weighted by Crippen LogP contribution is -2.27. The summed E-state index contributed by atoms with van der Waals surface area (Å²) in [6, 6.07) is 2.97. The molecule has 6 nitrogen and oxygen atoms in total. The van der Waals surface area contributed by atoms with Gasteiger partial charge in [-0.15, -0.1) is 0 Å². The molecule has 2 unspecified atom stereocenters. The molecule has 0 fully saturated rings. The Morgan fingerprint density at radius 3 is 2.70 bits per heavy atom. The Hall–Kier alpha value is -1.83. The van der Waals surface area contributed by atoms with Gasteiger partial charge in [0.1, 0.15) is 0 Å². The van der Waals surface area contributed by atoms with Gasteiger partial charge in [0.2, 0.25) is 5.82 Å². The van der Waals surface area contributed by atoms with Gasteiger partial charge in [-0.05, 0) is 18.6 Å². The molecule has 110 valence electrons. The number of carbonyl (C=O) groups excluding carboxylic acids is 1. The third-order valence-corrected chi connectivity index (χ3v) is 4.18. The maximum atomic E-state index is 13.4. The molecule has 0 aromatic heterocycles. The molecule has 0 spiro atoms. The first kappa shape index (κ1) is 16.2. The van der Waals surface area contributed by atoms with Crippen LogP contribution in [0.1, 0.15) is 23.7 Å². The normalized spacial score (nSPS) is 13.6. The van der Waals surface area contributed by atoms with Crippen molar-refractivity contribution < 1.29 is 18.3 Å². The van der Waals surface area contributed by atoms with Crippen molar-refractivity contribution in [3.63, 3.8) is 0 Å². The van der Waals surface area contributed by atoms with Gasteiger partial charge >= 0.3 is 5.69 Å². The van der Waals surface area contributed by atoms with Gasteiger partial charge in [0.15, 0.2) is 0 Å². The van der Waals surface area contributed by atoms with Crippen LogP contribution >= 0.6 is 0 Å². The molecular weight excluding hydrogens is 287 g/mol. The topological polar surface area (TPSA) is 89.3 Å². The smallest absolute Gasteiger partial charge is 0.304 e. The first-order chi connectivity index (χ1) is 9.32. The van der Waals surface area contributed by atoms with E-state index in [1.165, 1.54) is 6.07 Å². The second kappa shape index (κ2) is 7.09. The minimum Gasteiger partial charge on any atom is -0.352 e. The molecule has 1 aromatic rings. The molecule has 1 rings (SSSR count). The van der Waals surface area contributed by atoms with Gasteiger partial charge in [-0.25, -0.2) is 0 Å².